The van der Waals surface area contributed by atoms with Gasteiger partial charge in [0.15, 0.2) is 11.6 Å². The minimum atomic E-state index is -0.761. The normalized spacial score (nSPS) is 27.1. The fourth-order valence-electron chi connectivity index (χ4n) is 5.33. The monoisotopic (exact) mass is 411 g/mol. The third-order valence-corrected chi connectivity index (χ3v) is 7.24. The van der Waals surface area contributed by atoms with Crippen LogP contribution in [0, 0.1) is 47.1 Å². The molecule has 3 aliphatic rings. The molecule has 1 aromatic rings. The van der Waals surface area contributed by atoms with E-state index in [4.69, 9.17) is 0 Å². The quantitative estimate of drug-likeness (QED) is 0.287. The van der Waals surface area contributed by atoms with E-state index in [0.717, 1.165) is 42.1 Å². The lowest BCUT2D eigenvalue weighted by Gasteiger charge is -2.36. The highest BCUT2D eigenvalue weighted by molar-refractivity contribution is 7.78. The van der Waals surface area contributed by atoms with Crippen molar-refractivity contribution in [1.82, 2.24) is 0 Å². The smallest absolute Gasteiger partial charge is 0.153 e. The SMILES string of the molecule is CC1=C(C#Cc2cc(F)c(N=C=S)c(F)c2)CCC(C2CCC(C3CC3)CC2)C1. The minimum absolute atomic E-state index is 0.323. The van der Waals surface area contributed by atoms with E-state index in [2.05, 4.69) is 36.0 Å². The van der Waals surface area contributed by atoms with Crippen molar-refractivity contribution in [3.8, 4) is 11.8 Å². The molecule has 2 saturated carbocycles. The molecule has 0 amide bonds. The number of hydrogen-bond donors (Lipinski definition) is 0. The molecule has 29 heavy (non-hydrogen) atoms. The molecular formula is C25H27F2NS. The summed E-state index contributed by atoms with van der Waals surface area (Å²) in [6.45, 7) is 2.17. The maximum Gasteiger partial charge on any atom is 0.153 e. The number of nitrogens with zero attached hydrogens (tertiary/aromatic N) is 1. The first-order valence-corrected chi connectivity index (χ1v) is 11.2. The van der Waals surface area contributed by atoms with Crippen LogP contribution < -0.4 is 0 Å². The highest BCUT2D eigenvalue weighted by atomic mass is 32.1. The molecule has 3 aliphatic carbocycles. The van der Waals surface area contributed by atoms with Crippen LogP contribution in [0.4, 0.5) is 14.5 Å². The molecule has 1 atom stereocenters. The maximum atomic E-state index is 14.0. The second-order valence-electron chi connectivity index (χ2n) is 9.02. The third-order valence-electron chi connectivity index (χ3n) is 7.15. The Labute approximate surface area is 177 Å². The summed E-state index contributed by atoms with van der Waals surface area (Å²) in [5, 5.41) is 2.00. The van der Waals surface area contributed by atoms with Crippen molar-refractivity contribution < 1.29 is 8.78 Å². The van der Waals surface area contributed by atoms with Crippen molar-refractivity contribution in [2.24, 2.45) is 28.7 Å². The van der Waals surface area contributed by atoms with Gasteiger partial charge in [0.25, 0.3) is 0 Å². The molecule has 0 aromatic heterocycles. The van der Waals surface area contributed by atoms with Gasteiger partial charge < -0.3 is 0 Å². The number of rotatable bonds is 3. The van der Waals surface area contributed by atoms with Gasteiger partial charge in [-0.25, -0.2) is 8.78 Å². The van der Waals surface area contributed by atoms with E-state index in [9.17, 15) is 8.78 Å². The molecule has 4 rings (SSSR count). The van der Waals surface area contributed by atoms with Crippen molar-refractivity contribution in [3.05, 3.63) is 40.5 Å². The number of halogens is 2. The van der Waals surface area contributed by atoms with Gasteiger partial charge in [-0.3, -0.25) is 0 Å². The van der Waals surface area contributed by atoms with Crippen LogP contribution in [0.2, 0.25) is 0 Å². The molecule has 0 heterocycles. The van der Waals surface area contributed by atoms with Gasteiger partial charge in [-0.15, -0.1) is 0 Å². The Morgan fingerprint density at radius 3 is 1.93 bits per heavy atom. The molecule has 0 saturated heterocycles. The number of hydrogen-bond acceptors (Lipinski definition) is 2. The van der Waals surface area contributed by atoms with Crippen LogP contribution in [0.25, 0.3) is 0 Å². The fraction of sp³-hybridized carbons (Fsp3) is 0.560. The standard InChI is InChI=1S/C25H27F2NS/c1-16-12-22(21-9-7-20(8-10-21)19-5-6-19)11-4-18(16)3-2-17-13-23(26)25(28-15-29)24(27)14-17/h13-14,19-22H,4-12H2,1H3. The van der Waals surface area contributed by atoms with Crippen LogP contribution >= 0.6 is 12.2 Å². The first-order valence-electron chi connectivity index (χ1n) is 10.8. The summed E-state index contributed by atoms with van der Waals surface area (Å²) in [6.07, 6.45) is 11.9. The van der Waals surface area contributed by atoms with Gasteiger partial charge in [-0.1, -0.05) is 17.4 Å². The summed E-state index contributed by atoms with van der Waals surface area (Å²) in [6, 6.07) is 2.42. The zero-order chi connectivity index (χ0) is 20.4. The van der Waals surface area contributed by atoms with Crippen molar-refractivity contribution in [2.45, 2.75) is 64.7 Å². The van der Waals surface area contributed by atoms with Gasteiger partial charge >= 0.3 is 0 Å². The maximum absolute atomic E-state index is 14.0. The van der Waals surface area contributed by atoms with Crippen LogP contribution in [0.1, 0.15) is 70.3 Å². The van der Waals surface area contributed by atoms with E-state index in [-0.39, 0.29) is 0 Å². The predicted molar refractivity (Wildman–Crippen MR) is 116 cm³/mol. The summed E-state index contributed by atoms with van der Waals surface area (Å²) in [7, 11) is 0. The van der Waals surface area contributed by atoms with Gasteiger partial charge in [-0.05, 0) is 113 Å². The van der Waals surface area contributed by atoms with Crippen molar-refractivity contribution in [1.29, 1.82) is 0 Å². The largest absolute Gasteiger partial charge is 0.204 e. The number of benzene rings is 1. The Morgan fingerprint density at radius 2 is 1.41 bits per heavy atom. The zero-order valence-electron chi connectivity index (χ0n) is 16.9. The van der Waals surface area contributed by atoms with Crippen LogP contribution in [0.3, 0.4) is 0 Å². The summed E-state index contributed by atoms with van der Waals surface area (Å²) in [4.78, 5) is 3.44. The van der Waals surface area contributed by atoms with Crippen LogP contribution in [-0.4, -0.2) is 5.16 Å². The molecule has 4 heteroatoms. The highest BCUT2D eigenvalue weighted by Gasteiger charge is 2.36. The summed E-state index contributed by atoms with van der Waals surface area (Å²) >= 11 is 4.43. The Balaban J connectivity index is 1.41. The average Bonchev–Trinajstić information content (AvgIpc) is 3.55. The second kappa shape index (κ2) is 8.90. The molecular weight excluding hydrogens is 384 g/mol. The van der Waals surface area contributed by atoms with E-state index in [1.807, 2.05) is 5.16 Å². The van der Waals surface area contributed by atoms with Gasteiger partial charge in [0.1, 0.15) is 5.69 Å². The van der Waals surface area contributed by atoms with Gasteiger partial charge in [0, 0.05) is 11.1 Å². The predicted octanol–water partition coefficient (Wildman–Crippen LogP) is 7.38. The average molecular weight is 412 g/mol. The lowest BCUT2D eigenvalue weighted by molar-refractivity contribution is 0.179. The van der Waals surface area contributed by atoms with Crippen molar-refractivity contribution in [3.63, 3.8) is 0 Å². The van der Waals surface area contributed by atoms with Gasteiger partial charge in [0.2, 0.25) is 0 Å². The summed E-state index contributed by atoms with van der Waals surface area (Å²) in [5.41, 5.74) is 2.40. The molecule has 1 unspecified atom stereocenters. The zero-order valence-corrected chi connectivity index (χ0v) is 17.8. The van der Waals surface area contributed by atoms with Crippen molar-refractivity contribution in [2.75, 3.05) is 0 Å². The Morgan fingerprint density at radius 1 is 0.862 bits per heavy atom. The molecule has 0 radical (unpaired) electrons. The van der Waals surface area contributed by atoms with Crippen molar-refractivity contribution >= 4 is 23.1 Å². The second-order valence-corrected chi connectivity index (χ2v) is 9.20. The van der Waals surface area contributed by atoms with Crippen LogP contribution in [0.15, 0.2) is 28.3 Å². The fourth-order valence-corrected chi connectivity index (χ4v) is 5.42. The summed E-state index contributed by atoms with van der Waals surface area (Å²) < 4.78 is 28.0. The van der Waals surface area contributed by atoms with E-state index in [1.165, 1.54) is 62.7 Å². The molecule has 152 valence electrons. The number of thiocarbonyl (C=S) groups is 1. The molecule has 0 bridgehead atoms. The van der Waals surface area contributed by atoms with E-state index in [1.54, 1.807) is 0 Å². The Kier molecular flexibility index (Phi) is 6.28. The lowest BCUT2D eigenvalue weighted by atomic mass is 9.69. The molecule has 1 aromatic carbocycles. The molecule has 2 fully saturated rings. The van der Waals surface area contributed by atoms with E-state index >= 15 is 0 Å². The highest BCUT2D eigenvalue weighted by Crippen LogP contribution is 2.48. The summed E-state index contributed by atoms with van der Waals surface area (Å²) in [5.74, 6) is 8.30. The molecule has 0 N–H and O–H groups in total. The Hall–Kier alpha value is -1.82. The van der Waals surface area contributed by atoms with Gasteiger partial charge in [0.05, 0.1) is 5.16 Å². The Bertz CT molecular complexity index is 897. The first kappa shape index (κ1) is 20.5. The molecule has 1 nitrogen and oxygen atoms in total. The van der Waals surface area contributed by atoms with Crippen LogP contribution in [0.5, 0.6) is 0 Å². The molecule has 0 aliphatic heterocycles. The number of allylic oxidation sites excluding steroid dienone is 2. The van der Waals surface area contributed by atoms with E-state index < -0.39 is 17.3 Å². The lowest BCUT2D eigenvalue weighted by Crippen LogP contribution is -2.24. The molecule has 0 spiro atoms. The van der Waals surface area contributed by atoms with Gasteiger partial charge in [-0.2, -0.15) is 4.99 Å². The van der Waals surface area contributed by atoms with Crippen LogP contribution in [-0.2, 0) is 0 Å². The third kappa shape index (κ3) is 4.85. The number of isothiocyanates is 1. The first-order chi connectivity index (χ1) is 14.0. The minimum Gasteiger partial charge on any atom is -0.204 e. The van der Waals surface area contributed by atoms with E-state index in [0.29, 0.717) is 5.56 Å². The topological polar surface area (TPSA) is 12.4 Å². The number of aliphatic imine (C=N–C) groups is 1.